The van der Waals surface area contributed by atoms with E-state index in [4.69, 9.17) is 0 Å². The summed E-state index contributed by atoms with van der Waals surface area (Å²) in [6, 6.07) is 0.446. The van der Waals surface area contributed by atoms with Crippen molar-refractivity contribution in [2.45, 2.75) is 110 Å². The molecule has 1 amide bonds. The van der Waals surface area contributed by atoms with Crippen LogP contribution in [0.15, 0.2) is 0 Å². The van der Waals surface area contributed by atoms with Crippen LogP contribution in [0, 0.1) is 5.92 Å². The van der Waals surface area contributed by atoms with Crippen LogP contribution in [0.25, 0.3) is 0 Å². The lowest BCUT2D eigenvalue weighted by molar-refractivity contribution is -0.123. The molecular weight excluding hydrogens is 258 g/mol. The molecule has 0 radical (unpaired) electrons. The Labute approximate surface area is 132 Å². The Morgan fingerprint density at radius 1 is 0.857 bits per heavy atom. The minimum absolute atomic E-state index is 0.335. The Hall–Kier alpha value is -0.530. The van der Waals surface area contributed by atoms with E-state index in [1.807, 2.05) is 0 Å². The van der Waals surface area contributed by atoms with Crippen LogP contribution in [0.3, 0.4) is 0 Å². The number of hydrogen-bond donors (Lipinski definition) is 1. The molecule has 0 unspecified atom stereocenters. The Morgan fingerprint density at radius 3 is 1.76 bits per heavy atom. The van der Waals surface area contributed by atoms with E-state index in [0.717, 1.165) is 12.8 Å². The quantitative estimate of drug-likeness (QED) is 0.415. The van der Waals surface area contributed by atoms with Crippen molar-refractivity contribution in [3.05, 3.63) is 0 Å². The van der Waals surface area contributed by atoms with Gasteiger partial charge in [0.05, 0.1) is 0 Å². The van der Waals surface area contributed by atoms with E-state index in [-0.39, 0.29) is 0 Å². The van der Waals surface area contributed by atoms with Crippen LogP contribution in [0.1, 0.15) is 104 Å². The SMILES string of the molecule is CCCCCCCC(CCCCCCC)NC(=O)C1CC1. The zero-order chi connectivity index (χ0) is 15.3. The van der Waals surface area contributed by atoms with E-state index in [1.54, 1.807) is 0 Å². The van der Waals surface area contributed by atoms with Gasteiger partial charge in [-0.2, -0.15) is 0 Å². The Bertz CT molecular complexity index is 246. The fourth-order valence-corrected chi connectivity index (χ4v) is 2.94. The van der Waals surface area contributed by atoms with Crippen LogP contribution in [0.5, 0.6) is 0 Å². The van der Waals surface area contributed by atoms with E-state index in [1.165, 1.54) is 77.0 Å². The van der Waals surface area contributed by atoms with Gasteiger partial charge in [-0.15, -0.1) is 0 Å². The second kappa shape index (κ2) is 12.1. The van der Waals surface area contributed by atoms with Gasteiger partial charge in [0.15, 0.2) is 0 Å². The van der Waals surface area contributed by atoms with Crippen molar-refractivity contribution in [2.75, 3.05) is 0 Å². The summed E-state index contributed by atoms with van der Waals surface area (Å²) in [6.45, 7) is 4.52. The molecule has 1 fully saturated rings. The number of unbranched alkanes of at least 4 members (excludes halogenated alkanes) is 8. The molecule has 2 heteroatoms. The van der Waals surface area contributed by atoms with Crippen LogP contribution >= 0.6 is 0 Å². The Balaban J connectivity index is 2.15. The molecule has 0 aliphatic heterocycles. The van der Waals surface area contributed by atoms with Crippen LogP contribution < -0.4 is 5.32 Å². The van der Waals surface area contributed by atoms with E-state index in [9.17, 15) is 4.79 Å². The molecule has 21 heavy (non-hydrogen) atoms. The Morgan fingerprint density at radius 2 is 1.33 bits per heavy atom. The average molecular weight is 296 g/mol. The van der Waals surface area contributed by atoms with E-state index in [2.05, 4.69) is 19.2 Å². The van der Waals surface area contributed by atoms with E-state index < -0.39 is 0 Å². The van der Waals surface area contributed by atoms with Crippen LogP contribution in [-0.4, -0.2) is 11.9 Å². The maximum absolute atomic E-state index is 12.0. The van der Waals surface area contributed by atoms with Crippen LogP contribution in [-0.2, 0) is 4.79 Å². The minimum Gasteiger partial charge on any atom is -0.353 e. The zero-order valence-electron chi connectivity index (χ0n) is 14.5. The highest BCUT2D eigenvalue weighted by Gasteiger charge is 2.30. The molecule has 0 aromatic heterocycles. The summed E-state index contributed by atoms with van der Waals surface area (Å²) in [5.74, 6) is 0.690. The van der Waals surface area contributed by atoms with E-state index in [0.29, 0.717) is 17.9 Å². The van der Waals surface area contributed by atoms with Gasteiger partial charge in [-0.25, -0.2) is 0 Å². The van der Waals surface area contributed by atoms with E-state index >= 15 is 0 Å². The fourth-order valence-electron chi connectivity index (χ4n) is 2.94. The third kappa shape index (κ3) is 9.92. The second-order valence-corrected chi connectivity index (χ2v) is 6.89. The largest absolute Gasteiger partial charge is 0.353 e. The van der Waals surface area contributed by atoms with Crippen molar-refractivity contribution in [1.82, 2.24) is 5.32 Å². The molecule has 0 aromatic rings. The van der Waals surface area contributed by atoms with Gasteiger partial charge in [0.25, 0.3) is 0 Å². The molecule has 0 spiro atoms. The first-order chi connectivity index (χ1) is 10.3. The molecule has 1 saturated carbocycles. The lowest BCUT2D eigenvalue weighted by atomic mass is 10.00. The highest BCUT2D eigenvalue weighted by Crippen LogP contribution is 2.29. The van der Waals surface area contributed by atoms with Gasteiger partial charge in [-0.05, 0) is 25.7 Å². The molecule has 1 aliphatic rings. The van der Waals surface area contributed by atoms with Crippen LogP contribution in [0.2, 0.25) is 0 Å². The molecule has 0 heterocycles. The summed E-state index contributed by atoms with van der Waals surface area (Å²) >= 11 is 0. The predicted octanol–water partition coefficient (Wildman–Crippen LogP) is 5.60. The zero-order valence-corrected chi connectivity index (χ0v) is 14.5. The maximum atomic E-state index is 12.0. The third-order valence-corrected chi connectivity index (χ3v) is 4.61. The fraction of sp³-hybridized carbons (Fsp3) is 0.947. The van der Waals surface area contributed by atoms with Gasteiger partial charge in [-0.1, -0.05) is 78.1 Å². The first kappa shape index (κ1) is 18.5. The standard InChI is InChI=1S/C19H37NO/c1-3-5-7-9-11-13-18(14-12-10-8-6-4-2)20-19(21)17-15-16-17/h17-18H,3-16H2,1-2H3,(H,20,21). The second-order valence-electron chi connectivity index (χ2n) is 6.89. The van der Waals surface area contributed by atoms with Gasteiger partial charge in [0.1, 0.15) is 0 Å². The number of carbonyl (C=O) groups is 1. The minimum atomic E-state index is 0.335. The number of amides is 1. The average Bonchev–Trinajstić information content (AvgIpc) is 3.31. The monoisotopic (exact) mass is 295 g/mol. The molecule has 1 rings (SSSR count). The Kier molecular flexibility index (Phi) is 10.6. The maximum Gasteiger partial charge on any atom is 0.223 e. The first-order valence-corrected chi connectivity index (χ1v) is 9.58. The number of carbonyl (C=O) groups excluding carboxylic acids is 1. The lowest BCUT2D eigenvalue weighted by Crippen LogP contribution is -2.35. The van der Waals surface area contributed by atoms with Gasteiger partial charge in [0, 0.05) is 12.0 Å². The molecule has 1 N–H and O–H groups in total. The highest BCUT2D eigenvalue weighted by molar-refractivity contribution is 5.81. The number of nitrogens with one attached hydrogen (secondary N) is 1. The summed E-state index contributed by atoms with van der Waals surface area (Å²) in [5, 5.41) is 3.32. The van der Waals surface area contributed by atoms with Gasteiger partial charge in [0.2, 0.25) is 5.91 Å². The van der Waals surface area contributed by atoms with Crippen molar-refractivity contribution in [2.24, 2.45) is 5.92 Å². The molecule has 1 aliphatic carbocycles. The third-order valence-electron chi connectivity index (χ3n) is 4.61. The highest BCUT2D eigenvalue weighted by atomic mass is 16.2. The smallest absolute Gasteiger partial charge is 0.223 e. The molecule has 0 aromatic carbocycles. The summed E-state index contributed by atoms with van der Waals surface area (Å²) in [6.07, 6.45) is 17.9. The molecule has 0 bridgehead atoms. The topological polar surface area (TPSA) is 29.1 Å². The molecule has 0 atom stereocenters. The molecule has 2 nitrogen and oxygen atoms in total. The van der Waals surface area contributed by atoms with Crippen molar-refractivity contribution in [3.63, 3.8) is 0 Å². The van der Waals surface area contributed by atoms with Crippen molar-refractivity contribution >= 4 is 5.91 Å². The van der Waals surface area contributed by atoms with Crippen molar-refractivity contribution in [1.29, 1.82) is 0 Å². The summed E-state index contributed by atoms with van der Waals surface area (Å²) in [4.78, 5) is 12.0. The van der Waals surface area contributed by atoms with Crippen LogP contribution in [0.4, 0.5) is 0 Å². The van der Waals surface area contributed by atoms with Crippen molar-refractivity contribution in [3.8, 4) is 0 Å². The number of hydrogen-bond acceptors (Lipinski definition) is 1. The number of rotatable bonds is 14. The molecular formula is C19H37NO. The van der Waals surface area contributed by atoms with Crippen molar-refractivity contribution < 1.29 is 4.79 Å². The molecule has 124 valence electrons. The normalized spacial score (nSPS) is 14.6. The lowest BCUT2D eigenvalue weighted by Gasteiger charge is -2.19. The summed E-state index contributed by atoms with van der Waals surface area (Å²) in [5.41, 5.74) is 0. The predicted molar refractivity (Wildman–Crippen MR) is 91.4 cm³/mol. The summed E-state index contributed by atoms with van der Waals surface area (Å²) < 4.78 is 0. The summed E-state index contributed by atoms with van der Waals surface area (Å²) in [7, 11) is 0. The first-order valence-electron chi connectivity index (χ1n) is 9.58. The van der Waals surface area contributed by atoms with Gasteiger partial charge in [-0.3, -0.25) is 4.79 Å². The molecule has 0 saturated heterocycles. The van der Waals surface area contributed by atoms with Gasteiger partial charge >= 0.3 is 0 Å². The van der Waals surface area contributed by atoms with Gasteiger partial charge < -0.3 is 5.32 Å².